The summed E-state index contributed by atoms with van der Waals surface area (Å²) in [6.45, 7) is 1.70. The number of carbonyl (C=O) groups excluding carboxylic acids is 1. The number of hydrogen-bond donors (Lipinski definition) is 4. The lowest BCUT2D eigenvalue weighted by molar-refractivity contribution is -0.134. The van der Waals surface area contributed by atoms with E-state index in [9.17, 15) is 13.2 Å². The average molecular weight is 605 g/mol. The fraction of sp³-hybridized carbons (Fsp3) is 0.379. The molecule has 11 heteroatoms. The van der Waals surface area contributed by atoms with Gasteiger partial charge in [0.2, 0.25) is 15.9 Å². The molecule has 1 amide bonds. The molecule has 1 fully saturated rings. The summed E-state index contributed by atoms with van der Waals surface area (Å²) in [5.74, 6) is 0.0748. The highest BCUT2D eigenvalue weighted by molar-refractivity contribution is 7.89. The molecule has 6 N–H and O–H groups in total. The Bertz CT molecular complexity index is 1420. The van der Waals surface area contributed by atoms with Gasteiger partial charge in [-0.2, -0.15) is 4.72 Å². The van der Waals surface area contributed by atoms with E-state index < -0.39 is 16.1 Å². The van der Waals surface area contributed by atoms with Gasteiger partial charge in [-0.05, 0) is 85.5 Å². The number of rotatable bonds is 10. The highest BCUT2D eigenvalue weighted by Crippen LogP contribution is 2.33. The summed E-state index contributed by atoms with van der Waals surface area (Å²) in [6, 6.07) is 12.4. The molecule has 2 aromatic carbocycles. The van der Waals surface area contributed by atoms with E-state index in [1.165, 1.54) is 6.07 Å². The summed E-state index contributed by atoms with van der Waals surface area (Å²) in [7, 11) is -4.10. The number of halogens is 2. The second kappa shape index (κ2) is 13.3. The Hall–Kier alpha value is -2.69. The van der Waals surface area contributed by atoms with Crippen LogP contribution in [0.1, 0.15) is 42.4 Å². The van der Waals surface area contributed by atoms with Crippen LogP contribution in [0, 0.1) is 11.3 Å². The number of alkyl halides is 1. The summed E-state index contributed by atoms with van der Waals surface area (Å²) in [5, 5.41) is 8.01. The van der Waals surface area contributed by atoms with Crippen LogP contribution in [-0.2, 0) is 21.2 Å². The Morgan fingerprint density at radius 1 is 1.15 bits per heavy atom. The first kappa shape index (κ1) is 30.3. The van der Waals surface area contributed by atoms with Crippen molar-refractivity contribution in [2.45, 2.75) is 48.4 Å². The molecule has 0 aromatic heterocycles. The van der Waals surface area contributed by atoms with Gasteiger partial charge in [0.15, 0.2) is 0 Å². The van der Waals surface area contributed by atoms with Crippen molar-refractivity contribution in [3.05, 3.63) is 82.4 Å². The van der Waals surface area contributed by atoms with Gasteiger partial charge in [0, 0.05) is 23.7 Å². The standard InChI is InChI=1S/C29H35Cl2N5O3S/c30-23-7-8-25(26(31)18-23)21-4-2-6-24(17-21)40(38,39)35-27(16-20-3-1-5-22(15-20)28(33)34)29(37)36-13-10-19(9-12-32)11-14-36/h1-6,8,15,17-19,23,27,35H,7,9-14,16,32H2,(H3,33,34)/t23?,27-/m1/s1. The first-order chi connectivity index (χ1) is 19.1. The van der Waals surface area contributed by atoms with Gasteiger partial charge in [-0.15, -0.1) is 11.6 Å². The summed E-state index contributed by atoms with van der Waals surface area (Å²) in [5.41, 5.74) is 13.9. The van der Waals surface area contributed by atoms with Crippen molar-refractivity contribution < 1.29 is 13.2 Å². The number of nitrogens with two attached hydrogens (primary N) is 2. The van der Waals surface area contributed by atoms with E-state index >= 15 is 0 Å². The Morgan fingerprint density at radius 2 is 1.88 bits per heavy atom. The van der Waals surface area contributed by atoms with Crippen LogP contribution in [0.5, 0.6) is 0 Å². The predicted octanol–water partition coefficient (Wildman–Crippen LogP) is 3.96. The van der Waals surface area contributed by atoms with Gasteiger partial charge in [0.1, 0.15) is 11.9 Å². The predicted molar refractivity (Wildman–Crippen MR) is 161 cm³/mol. The summed E-state index contributed by atoms with van der Waals surface area (Å²) in [4.78, 5) is 15.5. The molecule has 0 bridgehead atoms. The smallest absolute Gasteiger partial charge is 0.241 e. The van der Waals surface area contributed by atoms with E-state index in [1.807, 2.05) is 6.08 Å². The maximum atomic E-state index is 13.7. The van der Waals surface area contributed by atoms with Crippen LogP contribution < -0.4 is 16.2 Å². The van der Waals surface area contributed by atoms with Crippen molar-refractivity contribution in [1.29, 1.82) is 5.41 Å². The number of nitrogens with one attached hydrogen (secondary N) is 2. The van der Waals surface area contributed by atoms with Crippen LogP contribution >= 0.6 is 23.2 Å². The third kappa shape index (κ3) is 7.53. The van der Waals surface area contributed by atoms with Crippen molar-refractivity contribution in [3.63, 3.8) is 0 Å². The molecule has 8 nitrogen and oxygen atoms in total. The number of piperidine rings is 1. The fourth-order valence-corrected chi connectivity index (χ4v) is 7.02. The van der Waals surface area contributed by atoms with Gasteiger partial charge in [-0.1, -0.05) is 48.0 Å². The largest absolute Gasteiger partial charge is 0.384 e. The molecule has 0 radical (unpaired) electrons. The van der Waals surface area contributed by atoms with Crippen molar-refractivity contribution in [2.75, 3.05) is 19.6 Å². The highest BCUT2D eigenvalue weighted by Gasteiger charge is 2.32. The summed E-state index contributed by atoms with van der Waals surface area (Å²) in [6.07, 6.45) is 6.89. The van der Waals surface area contributed by atoms with E-state index in [1.54, 1.807) is 53.4 Å². The average Bonchev–Trinajstić information content (AvgIpc) is 2.93. The Balaban J connectivity index is 1.60. The third-order valence-corrected chi connectivity index (χ3v) is 9.46. The van der Waals surface area contributed by atoms with Crippen LogP contribution in [0.4, 0.5) is 0 Å². The molecule has 0 spiro atoms. The van der Waals surface area contributed by atoms with Crippen molar-refractivity contribution in [3.8, 4) is 0 Å². The monoisotopic (exact) mass is 603 g/mol. The van der Waals surface area contributed by atoms with Crippen molar-refractivity contribution in [1.82, 2.24) is 9.62 Å². The van der Waals surface area contributed by atoms with E-state index in [2.05, 4.69) is 4.72 Å². The molecule has 2 atom stereocenters. The number of nitrogens with zero attached hydrogens (tertiary/aromatic N) is 1. The first-order valence-electron chi connectivity index (χ1n) is 13.3. The van der Waals surface area contributed by atoms with Crippen molar-refractivity contribution >= 4 is 50.5 Å². The highest BCUT2D eigenvalue weighted by atomic mass is 35.5. The maximum absolute atomic E-state index is 13.7. The molecule has 4 rings (SSSR count). The summed E-state index contributed by atoms with van der Waals surface area (Å²) >= 11 is 12.6. The van der Waals surface area contributed by atoms with Gasteiger partial charge in [0.25, 0.3) is 0 Å². The second-order valence-electron chi connectivity index (χ2n) is 10.2. The van der Waals surface area contributed by atoms with Gasteiger partial charge >= 0.3 is 0 Å². The number of sulfonamides is 1. The van der Waals surface area contributed by atoms with Crippen LogP contribution in [0.15, 0.2) is 70.6 Å². The molecule has 1 aliphatic heterocycles. The van der Waals surface area contributed by atoms with Gasteiger partial charge in [-0.25, -0.2) is 8.42 Å². The molecule has 2 aliphatic rings. The number of amidine groups is 1. The number of amides is 1. The minimum Gasteiger partial charge on any atom is -0.384 e. The second-order valence-corrected chi connectivity index (χ2v) is 12.9. The van der Waals surface area contributed by atoms with E-state index in [0.29, 0.717) is 59.3 Å². The zero-order chi connectivity index (χ0) is 28.9. The number of carbonyl (C=O) groups is 1. The Labute approximate surface area is 246 Å². The molecular weight excluding hydrogens is 569 g/mol. The number of hydrogen-bond acceptors (Lipinski definition) is 5. The minimum atomic E-state index is -4.10. The van der Waals surface area contributed by atoms with E-state index in [4.69, 9.17) is 40.1 Å². The molecule has 40 heavy (non-hydrogen) atoms. The lowest BCUT2D eigenvalue weighted by Crippen LogP contribution is -2.51. The van der Waals surface area contributed by atoms with Crippen LogP contribution in [0.25, 0.3) is 5.57 Å². The van der Waals surface area contributed by atoms with Gasteiger partial charge in [0.05, 0.1) is 10.3 Å². The molecule has 214 valence electrons. The molecule has 1 heterocycles. The number of allylic oxidation sites excluding steroid dienone is 4. The fourth-order valence-electron chi connectivity index (χ4n) is 5.17. The lowest BCUT2D eigenvalue weighted by atomic mass is 9.93. The molecule has 1 unspecified atom stereocenters. The van der Waals surface area contributed by atoms with E-state index in [0.717, 1.165) is 19.3 Å². The zero-order valence-electron chi connectivity index (χ0n) is 22.2. The first-order valence-corrected chi connectivity index (χ1v) is 15.6. The van der Waals surface area contributed by atoms with E-state index in [-0.39, 0.29) is 28.4 Å². The van der Waals surface area contributed by atoms with Gasteiger partial charge < -0.3 is 16.4 Å². The third-order valence-electron chi connectivity index (χ3n) is 7.36. The normalized spacial score (nSPS) is 19.1. The number of likely N-dealkylation sites (tertiary alicyclic amines) is 1. The minimum absolute atomic E-state index is 0.0281. The maximum Gasteiger partial charge on any atom is 0.241 e. The lowest BCUT2D eigenvalue weighted by Gasteiger charge is -2.34. The SMILES string of the molecule is N=C(N)c1cccc(C[C@@H](NS(=O)(=O)c2cccc(C3=CCC(Cl)C=C3Cl)c2)C(=O)N2CCC(CCN)CC2)c1. The number of benzene rings is 2. The molecule has 2 aromatic rings. The topological polar surface area (TPSA) is 142 Å². The molecule has 1 aliphatic carbocycles. The van der Waals surface area contributed by atoms with Crippen LogP contribution in [0.3, 0.4) is 0 Å². The van der Waals surface area contributed by atoms with Crippen molar-refractivity contribution in [2.24, 2.45) is 17.4 Å². The van der Waals surface area contributed by atoms with Crippen LogP contribution in [-0.4, -0.2) is 56.1 Å². The molecule has 1 saturated heterocycles. The molecule has 0 saturated carbocycles. The summed E-state index contributed by atoms with van der Waals surface area (Å²) < 4.78 is 30.0. The van der Waals surface area contributed by atoms with Gasteiger partial charge in [-0.3, -0.25) is 10.2 Å². The quantitative estimate of drug-likeness (QED) is 0.185. The molecular formula is C29H35Cl2N5O3S. The zero-order valence-corrected chi connectivity index (χ0v) is 24.5. The number of nitrogen functional groups attached to an aromatic ring is 1. The Kier molecular flexibility index (Phi) is 10.1. The van der Waals surface area contributed by atoms with Crippen LogP contribution in [0.2, 0.25) is 0 Å². The Morgan fingerprint density at radius 3 is 2.55 bits per heavy atom.